The molecule has 4 rings (SSSR count). The van der Waals surface area contributed by atoms with Crippen LogP contribution in [0.1, 0.15) is 42.0 Å². The van der Waals surface area contributed by atoms with Crippen molar-refractivity contribution in [1.29, 1.82) is 0 Å². The van der Waals surface area contributed by atoms with Crippen molar-refractivity contribution in [2.75, 3.05) is 26.2 Å². The van der Waals surface area contributed by atoms with Crippen LogP contribution in [0.5, 0.6) is 5.75 Å². The van der Waals surface area contributed by atoms with E-state index in [-0.39, 0.29) is 5.91 Å². The Morgan fingerprint density at radius 1 is 1.04 bits per heavy atom. The summed E-state index contributed by atoms with van der Waals surface area (Å²) in [4.78, 5) is 17.2. The van der Waals surface area contributed by atoms with E-state index in [2.05, 4.69) is 20.8 Å². The predicted octanol–water partition coefficient (Wildman–Crippen LogP) is 4.32. The predicted molar refractivity (Wildman–Crippen MR) is 107 cm³/mol. The number of benzene rings is 1. The van der Waals surface area contributed by atoms with Gasteiger partial charge >= 0.3 is 0 Å². The highest BCUT2D eigenvalue weighted by Crippen LogP contribution is 2.25. The van der Waals surface area contributed by atoms with Crippen LogP contribution in [0.2, 0.25) is 0 Å². The number of carbonyl (C=O) groups excluding carboxylic acids is 1. The van der Waals surface area contributed by atoms with Crippen LogP contribution in [-0.4, -0.2) is 47.9 Å². The van der Waals surface area contributed by atoms with Gasteiger partial charge in [0.05, 0.1) is 0 Å². The first-order valence-corrected chi connectivity index (χ1v) is 10.5. The summed E-state index contributed by atoms with van der Waals surface area (Å²) in [5.41, 5.74) is 0. The zero-order valence-corrected chi connectivity index (χ0v) is 17.0. The van der Waals surface area contributed by atoms with Gasteiger partial charge in [0, 0.05) is 36.7 Å². The van der Waals surface area contributed by atoms with E-state index in [1.165, 1.54) is 25.7 Å². The minimum absolute atomic E-state index is 0.0176. The number of ether oxygens (including phenoxy) is 1. The van der Waals surface area contributed by atoms with Crippen LogP contribution >= 0.6 is 15.9 Å². The molecule has 2 aliphatic rings. The average Bonchev–Trinajstić information content (AvgIpc) is 3.39. The monoisotopic (exact) mass is 432 g/mol. The molecule has 1 aromatic heterocycles. The van der Waals surface area contributed by atoms with Crippen LogP contribution in [0.25, 0.3) is 0 Å². The van der Waals surface area contributed by atoms with Crippen molar-refractivity contribution in [3.63, 3.8) is 0 Å². The van der Waals surface area contributed by atoms with Gasteiger partial charge in [-0.3, -0.25) is 9.69 Å². The van der Waals surface area contributed by atoms with Gasteiger partial charge in [-0.15, -0.1) is 0 Å². The molecule has 144 valence electrons. The number of hydrogen-bond acceptors (Lipinski definition) is 4. The Morgan fingerprint density at radius 3 is 2.44 bits per heavy atom. The summed E-state index contributed by atoms with van der Waals surface area (Å²) in [6, 6.07) is 11.9. The van der Waals surface area contributed by atoms with Gasteiger partial charge in [0.15, 0.2) is 5.76 Å². The molecule has 1 saturated carbocycles. The van der Waals surface area contributed by atoms with E-state index in [4.69, 9.17) is 9.15 Å². The highest BCUT2D eigenvalue weighted by atomic mass is 79.9. The molecule has 1 aromatic carbocycles. The fraction of sp³-hybridized carbons (Fsp3) is 0.476. The first-order valence-electron chi connectivity index (χ1n) is 9.69. The van der Waals surface area contributed by atoms with E-state index in [1.54, 1.807) is 6.07 Å². The summed E-state index contributed by atoms with van der Waals surface area (Å²) in [7, 11) is 0. The Labute approximate surface area is 168 Å². The van der Waals surface area contributed by atoms with Crippen LogP contribution in [0, 0.1) is 0 Å². The summed E-state index contributed by atoms with van der Waals surface area (Å²) in [5.74, 6) is 1.81. The first-order chi connectivity index (χ1) is 13.2. The fourth-order valence-corrected chi connectivity index (χ4v) is 4.24. The van der Waals surface area contributed by atoms with Gasteiger partial charge in [0.1, 0.15) is 18.1 Å². The maximum atomic E-state index is 12.7. The lowest BCUT2D eigenvalue weighted by atomic mass is 10.2. The molecule has 0 unspecified atom stereocenters. The quantitative estimate of drug-likeness (QED) is 0.705. The third-order valence-corrected chi connectivity index (χ3v) is 6.04. The van der Waals surface area contributed by atoms with E-state index in [0.717, 1.165) is 42.4 Å². The first kappa shape index (κ1) is 18.6. The summed E-state index contributed by atoms with van der Waals surface area (Å²) in [5, 5.41) is 0. The number of furan rings is 1. The highest BCUT2D eigenvalue weighted by Gasteiger charge is 2.29. The molecular formula is C21H25BrN2O3. The van der Waals surface area contributed by atoms with Crippen molar-refractivity contribution in [2.45, 2.75) is 38.3 Å². The molecule has 1 aliphatic carbocycles. The van der Waals surface area contributed by atoms with Gasteiger partial charge in [0.2, 0.25) is 0 Å². The van der Waals surface area contributed by atoms with Crippen LogP contribution in [0.4, 0.5) is 0 Å². The molecule has 0 N–H and O–H groups in total. The van der Waals surface area contributed by atoms with Crippen molar-refractivity contribution in [3.8, 4) is 5.75 Å². The molecule has 1 amide bonds. The summed E-state index contributed by atoms with van der Waals surface area (Å²) in [6.45, 7) is 3.80. The number of hydrogen-bond donors (Lipinski definition) is 0. The van der Waals surface area contributed by atoms with Gasteiger partial charge in [0.25, 0.3) is 5.91 Å². The molecule has 1 aliphatic heterocycles. The SMILES string of the molecule is O=C(c1ccc(COc2ccc(Br)cc2)o1)N1CCN(C2CCCC2)CC1. The molecule has 1 saturated heterocycles. The third-order valence-electron chi connectivity index (χ3n) is 5.51. The van der Waals surface area contributed by atoms with Crippen LogP contribution in [0.15, 0.2) is 45.3 Å². The normalized spacial score (nSPS) is 18.8. The van der Waals surface area contributed by atoms with E-state index in [9.17, 15) is 4.79 Å². The van der Waals surface area contributed by atoms with Crippen LogP contribution in [0.3, 0.4) is 0 Å². The van der Waals surface area contributed by atoms with Gasteiger partial charge < -0.3 is 14.1 Å². The lowest BCUT2D eigenvalue weighted by molar-refractivity contribution is 0.0541. The second-order valence-corrected chi connectivity index (χ2v) is 8.19. The fourth-order valence-electron chi connectivity index (χ4n) is 3.97. The Kier molecular flexibility index (Phi) is 5.83. The molecule has 5 nitrogen and oxygen atoms in total. The van der Waals surface area contributed by atoms with Gasteiger partial charge in [-0.1, -0.05) is 28.8 Å². The zero-order valence-electron chi connectivity index (χ0n) is 15.4. The van der Waals surface area contributed by atoms with Crippen molar-refractivity contribution in [2.24, 2.45) is 0 Å². The van der Waals surface area contributed by atoms with Crippen LogP contribution < -0.4 is 4.74 Å². The second kappa shape index (κ2) is 8.48. The number of piperazine rings is 1. The average molecular weight is 433 g/mol. The summed E-state index contributed by atoms with van der Waals surface area (Å²) < 4.78 is 12.5. The standard InChI is InChI=1S/C21H25BrN2O3/c22-16-5-7-18(8-6-16)26-15-19-9-10-20(27-19)21(25)24-13-11-23(12-14-24)17-3-1-2-4-17/h5-10,17H,1-4,11-15H2. The van der Waals surface area contributed by atoms with Crippen LogP contribution in [-0.2, 0) is 6.61 Å². The van der Waals surface area contributed by atoms with E-state index in [0.29, 0.717) is 18.1 Å². The molecule has 2 aromatic rings. The van der Waals surface area contributed by atoms with Gasteiger partial charge in [-0.25, -0.2) is 0 Å². The number of halogens is 1. The lowest BCUT2D eigenvalue weighted by Gasteiger charge is -2.37. The van der Waals surface area contributed by atoms with Crippen molar-refractivity contribution < 1.29 is 13.9 Å². The summed E-state index contributed by atoms with van der Waals surface area (Å²) >= 11 is 3.40. The second-order valence-electron chi connectivity index (χ2n) is 7.28. The number of rotatable bonds is 5. The van der Waals surface area contributed by atoms with Gasteiger partial charge in [-0.2, -0.15) is 0 Å². The van der Waals surface area contributed by atoms with E-state index < -0.39 is 0 Å². The van der Waals surface area contributed by atoms with Gasteiger partial charge in [-0.05, 0) is 49.2 Å². The minimum atomic E-state index is -0.0176. The van der Waals surface area contributed by atoms with Crippen molar-refractivity contribution >= 4 is 21.8 Å². The molecular weight excluding hydrogens is 408 g/mol. The van der Waals surface area contributed by atoms with E-state index in [1.807, 2.05) is 35.2 Å². The third kappa shape index (κ3) is 4.55. The maximum absolute atomic E-state index is 12.7. The van der Waals surface area contributed by atoms with Crippen molar-refractivity contribution in [1.82, 2.24) is 9.80 Å². The minimum Gasteiger partial charge on any atom is -0.486 e. The topological polar surface area (TPSA) is 45.9 Å². The molecule has 27 heavy (non-hydrogen) atoms. The Bertz CT molecular complexity index is 760. The number of amides is 1. The number of carbonyl (C=O) groups is 1. The molecule has 2 heterocycles. The Hall–Kier alpha value is -1.79. The smallest absolute Gasteiger partial charge is 0.289 e. The lowest BCUT2D eigenvalue weighted by Crippen LogP contribution is -2.51. The molecule has 0 radical (unpaired) electrons. The van der Waals surface area contributed by atoms with E-state index >= 15 is 0 Å². The highest BCUT2D eigenvalue weighted by molar-refractivity contribution is 9.10. The Morgan fingerprint density at radius 2 is 1.74 bits per heavy atom. The maximum Gasteiger partial charge on any atom is 0.289 e. The molecule has 0 spiro atoms. The number of nitrogens with zero attached hydrogens (tertiary/aromatic N) is 2. The molecule has 0 atom stereocenters. The summed E-state index contributed by atoms with van der Waals surface area (Å²) in [6.07, 6.45) is 5.32. The molecule has 0 bridgehead atoms. The largest absolute Gasteiger partial charge is 0.486 e. The Balaban J connectivity index is 1.29. The molecule has 6 heteroatoms. The zero-order chi connectivity index (χ0) is 18.6. The van der Waals surface area contributed by atoms with Crippen molar-refractivity contribution in [3.05, 3.63) is 52.4 Å². The molecule has 2 fully saturated rings.